The molecule has 0 radical (unpaired) electrons. The van der Waals surface area contributed by atoms with E-state index in [1.54, 1.807) is 12.1 Å². The molecule has 1 unspecified atom stereocenters. The van der Waals surface area contributed by atoms with Gasteiger partial charge < -0.3 is 0 Å². The van der Waals surface area contributed by atoms with Crippen LogP contribution in [0.3, 0.4) is 0 Å². The number of alkyl halides is 3. The Morgan fingerprint density at radius 3 is 1.78 bits per heavy atom. The maximum absolute atomic E-state index is 12.5. The quantitative estimate of drug-likeness (QED) is 0.656. The summed E-state index contributed by atoms with van der Waals surface area (Å²) < 4.78 is 37.5. The normalized spacial score (nSPS) is 14.6. The van der Waals surface area contributed by atoms with E-state index in [0.29, 0.717) is 0 Å². The smallest absolute Gasteiger partial charge is 0.166 e. The summed E-state index contributed by atoms with van der Waals surface area (Å²) in [5.74, 6) is 0.259. The Balaban J connectivity index is 2.99. The molecule has 0 N–H and O–H groups in total. The highest BCUT2D eigenvalue weighted by Crippen LogP contribution is 2.41. The predicted octanol–water partition coefficient (Wildman–Crippen LogP) is 5.64. The molecule has 3 heteroatoms. The minimum atomic E-state index is -4.25. The van der Waals surface area contributed by atoms with Crippen LogP contribution in [0.2, 0.25) is 0 Å². The van der Waals surface area contributed by atoms with Crippen LogP contribution in [0.15, 0.2) is 24.3 Å². The molecule has 0 saturated heterocycles. The van der Waals surface area contributed by atoms with Crippen molar-refractivity contribution in [3.63, 3.8) is 0 Å². The Kier molecular flexibility index (Phi) is 4.46. The van der Waals surface area contributed by atoms with E-state index in [9.17, 15) is 13.2 Å². The van der Waals surface area contributed by atoms with Crippen LogP contribution in [0.4, 0.5) is 13.2 Å². The molecule has 1 rings (SSSR count). The maximum atomic E-state index is 12.5. The largest absolute Gasteiger partial charge is 0.416 e. The van der Waals surface area contributed by atoms with Crippen molar-refractivity contribution in [3.05, 3.63) is 35.4 Å². The summed E-state index contributed by atoms with van der Waals surface area (Å²) in [5, 5.41) is 0. The van der Waals surface area contributed by atoms with Gasteiger partial charge in [-0.15, -0.1) is 0 Å². The Hall–Kier alpha value is -0.990. The van der Waals surface area contributed by atoms with Crippen molar-refractivity contribution in [3.8, 4) is 0 Å². The fourth-order valence-electron chi connectivity index (χ4n) is 2.23. The van der Waals surface area contributed by atoms with Gasteiger partial charge in [0, 0.05) is 0 Å². The van der Waals surface area contributed by atoms with E-state index in [1.165, 1.54) is 12.1 Å². The van der Waals surface area contributed by atoms with Gasteiger partial charge in [0.05, 0.1) is 5.56 Å². The summed E-state index contributed by atoms with van der Waals surface area (Å²) in [6.45, 7) is 8.54. The molecule has 0 nitrogen and oxygen atoms in total. The van der Waals surface area contributed by atoms with Crippen molar-refractivity contribution in [1.82, 2.24) is 0 Å². The van der Waals surface area contributed by atoms with E-state index in [0.717, 1.165) is 18.4 Å². The molecule has 1 aromatic rings. The zero-order valence-corrected chi connectivity index (χ0v) is 11.4. The first-order valence-corrected chi connectivity index (χ1v) is 6.41. The van der Waals surface area contributed by atoms with Gasteiger partial charge in [-0.3, -0.25) is 0 Å². The van der Waals surface area contributed by atoms with E-state index in [2.05, 4.69) is 27.7 Å². The van der Waals surface area contributed by atoms with Crippen LogP contribution in [0.25, 0.3) is 0 Å². The Labute approximate surface area is 107 Å². The lowest BCUT2D eigenvalue weighted by Gasteiger charge is -2.34. The molecular formula is C15H21F3. The van der Waals surface area contributed by atoms with Crippen LogP contribution in [0.1, 0.15) is 57.6 Å². The van der Waals surface area contributed by atoms with Crippen molar-refractivity contribution >= 4 is 0 Å². The molecule has 18 heavy (non-hydrogen) atoms. The average Bonchev–Trinajstić information content (AvgIpc) is 2.36. The number of hydrogen-bond acceptors (Lipinski definition) is 0. The average molecular weight is 258 g/mol. The third-order valence-electron chi connectivity index (χ3n) is 4.40. The van der Waals surface area contributed by atoms with Crippen LogP contribution in [0.5, 0.6) is 0 Å². The number of halogens is 3. The summed E-state index contributed by atoms with van der Waals surface area (Å²) in [5.41, 5.74) is 0.544. The second-order valence-corrected chi connectivity index (χ2v) is 5.20. The molecule has 0 aromatic heterocycles. The van der Waals surface area contributed by atoms with Gasteiger partial charge in [0.15, 0.2) is 0 Å². The SMILES string of the molecule is CCC(C)(CC)C(C)c1ccc(C(F)(F)F)cc1. The van der Waals surface area contributed by atoms with Crippen molar-refractivity contribution in [2.24, 2.45) is 5.41 Å². The van der Waals surface area contributed by atoms with Gasteiger partial charge in [-0.2, -0.15) is 13.2 Å². The van der Waals surface area contributed by atoms with Crippen LogP contribution in [-0.4, -0.2) is 0 Å². The van der Waals surface area contributed by atoms with Crippen molar-refractivity contribution < 1.29 is 13.2 Å². The highest BCUT2D eigenvalue weighted by Gasteiger charge is 2.32. The molecule has 0 aliphatic heterocycles. The van der Waals surface area contributed by atoms with Gasteiger partial charge in [0.2, 0.25) is 0 Å². The van der Waals surface area contributed by atoms with Crippen LogP contribution in [0, 0.1) is 5.41 Å². The zero-order valence-electron chi connectivity index (χ0n) is 11.4. The van der Waals surface area contributed by atoms with Crippen LogP contribution in [-0.2, 0) is 6.18 Å². The van der Waals surface area contributed by atoms with E-state index in [1.807, 2.05) is 0 Å². The second kappa shape index (κ2) is 5.33. The maximum Gasteiger partial charge on any atom is 0.416 e. The molecule has 0 saturated carbocycles. The van der Waals surface area contributed by atoms with Crippen LogP contribution < -0.4 is 0 Å². The van der Waals surface area contributed by atoms with Gasteiger partial charge >= 0.3 is 6.18 Å². The number of benzene rings is 1. The van der Waals surface area contributed by atoms with Crippen molar-refractivity contribution in [1.29, 1.82) is 0 Å². The lowest BCUT2D eigenvalue weighted by molar-refractivity contribution is -0.137. The van der Waals surface area contributed by atoms with Gasteiger partial charge in [-0.1, -0.05) is 52.7 Å². The summed E-state index contributed by atoms with van der Waals surface area (Å²) in [4.78, 5) is 0. The molecule has 0 bridgehead atoms. The van der Waals surface area contributed by atoms with Crippen LogP contribution >= 0.6 is 0 Å². The molecule has 0 aliphatic rings. The van der Waals surface area contributed by atoms with E-state index >= 15 is 0 Å². The first kappa shape index (κ1) is 15.1. The summed E-state index contributed by atoms with van der Waals surface area (Å²) in [6.07, 6.45) is -2.21. The van der Waals surface area contributed by atoms with Gasteiger partial charge in [0.1, 0.15) is 0 Å². The molecule has 0 aliphatic carbocycles. The minimum absolute atomic E-state index is 0.139. The fraction of sp³-hybridized carbons (Fsp3) is 0.600. The monoisotopic (exact) mass is 258 g/mol. The topological polar surface area (TPSA) is 0 Å². The van der Waals surface area contributed by atoms with E-state index in [-0.39, 0.29) is 11.3 Å². The molecular weight excluding hydrogens is 237 g/mol. The summed E-state index contributed by atoms with van der Waals surface area (Å²) in [7, 11) is 0. The molecule has 0 amide bonds. The van der Waals surface area contributed by atoms with Gasteiger partial charge in [0.25, 0.3) is 0 Å². The Morgan fingerprint density at radius 1 is 1.00 bits per heavy atom. The standard InChI is InChI=1S/C15H21F3/c1-5-14(4,6-2)11(3)12-7-9-13(10-8-12)15(16,17)18/h7-11H,5-6H2,1-4H3. The second-order valence-electron chi connectivity index (χ2n) is 5.20. The van der Waals surface area contributed by atoms with E-state index < -0.39 is 11.7 Å². The minimum Gasteiger partial charge on any atom is -0.166 e. The molecule has 1 aromatic carbocycles. The predicted molar refractivity (Wildman–Crippen MR) is 68.5 cm³/mol. The third-order valence-corrected chi connectivity index (χ3v) is 4.40. The number of hydrogen-bond donors (Lipinski definition) is 0. The summed E-state index contributed by atoms with van der Waals surface area (Å²) in [6, 6.07) is 5.57. The zero-order chi connectivity index (χ0) is 14.0. The molecule has 0 heterocycles. The van der Waals surface area contributed by atoms with Crippen molar-refractivity contribution in [2.45, 2.75) is 52.6 Å². The fourth-order valence-corrected chi connectivity index (χ4v) is 2.23. The lowest BCUT2D eigenvalue weighted by atomic mass is 9.71. The molecule has 1 atom stereocenters. The Bertz CT molecular complexity index is 372. The molecule has 0 spiro atoms. The third kappa shape index (κ3) is 3.06. The first-order valence-electron chi connectivity index (χ1n) is 6.41. The first-order chi connectivity index (χ1) is 8.24. The van der Waals surface area contributed by atoms with Gasteiger partial charge in [-0.05, 0) is 29.0 Å². The lowest BCUT2D eigenvalue weighted by Crippen LogP contribution is -2.22. The summed E-state index contributed by atoms with van der Waals surface area (Å²) >= 11 is 0. The highest BCUT2D eigenvalue weighted by molar-refractivity contribution is 5.28. The molecule has 0 fully saturated rings. The number of rotatable bonds is 4. The Morgan fingerprint density at radius 2 is 1.44 bits per heavy atom. The van der Waals surface area contributed by atoms with Crippen molar-refractivity contribution in [2.75, 3.05) is 0 Å². The van der Waals surface area contributed by atoms with E-state index in [4.69, 9.17) is 0 Å². The molecule has 102 valence electrons. The van der Waals surface area contributed by atoms with Gasteiger partial charge in [-0.25, -0.2) is 0 Å². The highest BCUT2D eigenvalue weighted by atomic mass is 19.4.